The maximum absolute atomic E-state index is 11.4. The number of aromatic nitrogens is 2. The van der Waals surface area contributed by atoms with E-state index < -0.39 is 0 Å². The van der Waals surface area contributed by atoms with Gasteiger partial charge in [0.15, 0.2) is 11.5 Å². The molecule has 3 aromatic carbocycles. The van der Waals surface area contributed by atoms with Crippen LogP contribution in [0.25, 0.3) is 11.0 Å². The van der Waals surface area contributed by atoms with Gasteiger partial charge in [0.25, 0.3) is 0 Å². The maximum atomic E-state index is 11.4. The van der Waals surface area contributed by atoms with Crippen molar-refractivity contribution >= 4 is 28.3 Å². The Morgan fingerprint density at radius 1 is 0.966 bits per heavy atom. The predicted molar refractivity (Wildman–Crippen MR) is 115 cm³/mol. The van der Waals surface area contributed by atoms with Gasteiger partial charge in [0.05, 0.1) is 23.2 Å². The molecule has 0 amide bonds. The maximum Gasteiger partial charge on any atom is 0.323 e. The number of halogens is 1. The van der Waals surface area contributed by atoms with Crippen molar-refractivity contribution < 1.29 is 9.47 Å². The summed E-state index contributed by atoms with van der Waals surface area (Å²) in [5.41, 5.74) is 4.17. The van der Waals surface area contributed by atoms with E-state index in [9.17, 15) is 4.79 Å². The van der Waals surface area contributed by atoms with Crippen LogP contribution in [0.2, 0.25) is 5.02 Å². The molecule has 0 radical (unpaired) electrons. The summed E-state index contributed by atoms with van der Waals surface area (Å²) in [6.45, 7) is 0.943. The number of aromatic amines is 2. The number of hydrogen-bond donors (Lipinski definition) is 3. The molecule has 0 unspecified atom stereocenters. The Kier molecular flexibility index (Phi) is 5.44. The van der Waals surface area contributed by atoms with Gasteiger partial charge in [-0.3, -0.25) is 0 Å². The molecule has 0 aliphatic carbocycles. The third-order valence-electron chi connectivity index (χ3n) is 4.53. The Balaban J connectivity index is 1.48. The summed E-state index contributed by atoms with van der Waals surface area (Å²) in [6.07, 6.45) is 0. The highest BCUT2D eigenvalue weighted by atomic mass is 35.5. The van der Waals surface area contributed by atoms with Crippen LogP contribution in [0.15, 0.2) is 65.5 Å². The summed E-state index contributed by atoms with van der Waals surface area (Å²) in [5.74, 6) is 1.10. The molecule has 1 heterocycles. The van der Waals surface area contributed by atoms with E-state index >= 15 is 0 Å². The molecule has 3 N–H and O–H groups in total. The highest BCUT2D eigenvalue weighted by Gasteiger charge is 2.12. The number of H-pyrrole nitrogens is 2. The number of ether oxygens (including phenoxy) is 2. The van der Waals surface area contributed by atoms with Gasteiger partial charge in [0.2, 0.25) is 0 Å². The Morgan fingerprint density at radius 2 is 1.76 bits per heavy atom. The summed E-state index contributed by atoms with van der Waals surface area (Å²) >= 11 is 6.47. The summed E-state index contributed by atoms with van der Waals surface area (Å²) in [7, 11) is 1.59. The first-order chi connectivity index (χ1) is 14.1. The smallest absolute Gasteiger partial charge is 0.323 e. The lowest BCUT2D eigenvalue weighted by Crippen LogP contribution is -2.02. The van der Waals surface area contributed by atoms with Crippen LogP contribution in [0.3, 0.4) is 0 Å². The number of fused-ring (bicyclic) bond motifs is 1. The molecule has 4 aromatic rings. The zero-order chi connectivity index (χ0) is 20.2. The summed E-state index contributed by atoms with van der Waals surface area (Å²) in [4.78, 5) is 16.9. The van der Waals surface area contributed by atoms with Crippen LogP contribution in [0.1, 0.15) is 11.1 Å². The molecular weight excluding hydrogens is 390 g/mol. The Bertz CT molecular complexity index is 1190. The topological polar surface area (TPSA) is 79.1 Å². The van der Waals surface area contributed by atoms with E-state index in [1.165, 1.54) is 0 Å². The second-order valence-electron chi connectivity index (χ2n) is 6.58. The molecule has 7 heteroatoms. The van der Waals surface area contributed by atoms with Crippen LogP contribution in [-0.4, -0.2) is 17.1 Å². The van der Waals surface area contributed by atoms with Crippen molar-refractivity contribution in [2.24, 2.45) is 0 Å². The average Bonchev–Trinajstić information content (AvgIpc) is 3.11. The van der Waals surface area contributed by atoms with E-state index in [0.717, 1.165) is 27.8 Å². The minimum absolute atomic E-state index is 0.222. The number of benzene rings is 3. The van der Waals surface area contributed by atoms with E-state index in [-0.39, 0.29) is 5.69 Å². The average molecular weight is 410 g/mol. The van der Waals surface area contributed by atoms with Gasteiger partial charge >= 0.3 is 5.69 Å². The lowest BCUT2D eigenvalue weighted by Gasteiger charge is -2.15. The Hall–Kier alpha value is -3.38. The Labute approximate surface area is 172 Å². The zero-order valence-electron chi connectivity index (χ0n) is 15.8. The molecule has 0 fully saturated rings. The molecule has 0 aliphatic heterocycles. The van der Waals surface area contributed by atoms with Gasteiger partial charge in [-0.15, -0.1) is 0 Å². The molecule has 29 heavy (non-hydrogen) atoms. The van der Waals surface area contributed by atoms with Crippen molar-refractivity contribution in [2.45, 2.75) is 13.2 Å². The fourth-order valence-corrected chi connectivity index (χ4v) is 3.38. The van der Waals surface area contributed by atoms with Crippen LogP contribution in [0.5, 0.6) is 11.5 Å². The number of methoxy groups -OCH3 is 1. The molecule has 1 aromatic heterocycles. The minimum Gasteiger partial charge on any atom is -0.493 e. The van der Waals surface area contributed by atoms with Crippen molar-refractivity contribution in [3.63, 3.8) is 0 Å². The van der Waals surface area contributed by atoms with Crippen LogP contribution in [0, 0.1) is 0 Å². The molecular formula is C22H20ClN3O3. The zero-order valence-corrected chi connectivity index (χ0v) is 16.5. The van der Waals surface area contributed by atoms with Crippen molar-refractivity contribution in [2.75, 3.05) is 12.4 Å². The standard InChI is InChI=1S/C22H20ClN3O3/c1-28-20-10-15(9-17(23)21(20)29-13-14-5-3-2-4-6-14)12-24-16-7-8-18-19(11-16)26-22(27)25-18/h2-11,24H,12-13H2,1H3,(H2,25,26,27). The molecule has 0 saturated heterocycles. The summed E-state index contributed by atoms with van der Waals surface area (Å²) in [5, 5.41) is 3.82. The number of imidazole rings is 1. The van der Waals surface area contributed by atoms with Gasteiger partial charge < -0.3 is 24.8 Å². The molecule has 4 rings (SSSR count). The quantitative estimate of drug-likeness (QED) is 0.413. The van der Waals surface area contributed by atoms with Crippen LogP contribution < -0.4 is 20.5 Å². The second-order valence-corrected chi connectivity index (χ2v) is 6.98. The van der Waals surface area contributed by atoms with E-state index in [0.29, 0.717) is 29.7 Å². The minimum atomic E-state index is -0.222. The van der Waals surface area contributed by atoms with Gasteiger partial charge in [-0.1, -0.05) is 41.9 Å². The summed E-state index contributed by atoms with van der Waals surface area (Å²) in [6, 6.07) is 19.3. The highest BCUT2D eigenvalue weighted by molar-refractivity contribution is 6.32. The molecule has 6 nitrogen and oxygen atoms in total. The van der Waals surface area contributed by atoms with E-state index in [4.69, 9.17) is 21.1 Å². The number of anilines is 1. The van der Waals surface area contributed by atoms with Crippen molar-refractivity contribution in [1.29, 1.82) is 0 Å². The van der Waals surface area contributed by atoms with Crippen LogP contribution >= 0.6 is 11.6 Å². The highest BCUT2D eigenvalue weighted by Crippen LogP contribution is 2.37. The molecule has 0 saturated carbocycles. The van der Waals surface area contributed by atoms with E-state index in [2.05, 4.69) is 15.3 Å². The first-order valence-electron chi connectivity index (χ1n) is 9.11. The largest absolute Gasteiger partial charge is 0.493 e. The lowest BCUT2D eigenvalue weighted by atomic mass is 10.2. The molecule has 0 spiro atoms. The monoisotopic (exact) mass is 409 g/mol. The fraction of sp³-hybridized carbons (Fsp3) is 0.136. The van der Waals surface area contributed by atoms with E-state index in [1.54, 1.807) is 7.11 Å². The third-order valence-corrected chi connectivity index (χ3v) is 4.81. The van der Waals surface area contributed by atoms with Crippen molar-refractivity contribution in [3.8, 4) is 11.5 Å². The number of rotatable bonds is 7. The van der Waals surface area contributed by atoms with Gasteiger partial charge in [0, 0.05) is 12.2 Å². The van der Waals surface area contributed by atoms with Gasteiger partial charge in [0.1, 0.15) is 6.61 Å². The summed E-state index contributed by atoms with van der Waals surface area (Å²) < 4.78 is 11.4. The SMILES string of the molecule is COc1cc(CNc2ccc3[nH]c(=O)[nH]c3c2)cc(Cl)c1OCc1ccccc1. The van der Waals surface area contributed by atoms with Gasteiger partial charge in [-0.2, -0.15) is 0 Å². The van der Waals surface area contributed by atoms with Crippen LogP contribution in [0.4, 0.5) is 5.69 Å². The second kappa shape index (κ2) is 8.32. The first kappa shape index (κ1) is 19.0. The molecule has 0 atom stereocenters. The lowest BCUT2D eigenvalue weighted by molar-refractivity contribution is 0.284. The van der Waals surface area contributed by atoms with Crippen molar-refractivity contribution in [1.82, 2.24) is 9.97 Å². The van der Waals surface area contributed by atoms with Gasteiger partial charge in [-0.25, -0.2) is 4.79 Å². The Morgan fingerprint density at radius 3 is 2.55 bits per heavy atom. The van der Waals surface area contributed by atoms with Crippen molar-refractivity contribution in [3.05, 3.63) is 87.3 Å². The number of hydrogen-bond acceptors (Lipinski definition) is 4. The third kappa shape index (κ3) is 4.38. The fourth-order valence-electron chi connectivity index (χ4n) is 3.09. The molecule has 148 valence electrons. The molecule has 0 aliphatic rings. The van der Waals surface area contributed by atoms with E-state index in [1.807, 2.05) is 60.7 Å². The molecule has 0 bridgehead atoms. The normalized spacial score (nSPS) is 10.8. The van der Waals surface area contributed by atoms with Crippen LogP contribution in [-0.2, 0) is 13.2 Å². The van der Waals surface area contributed by atoms with Gasteiger partial charge in [-0.05, 0) is 41.5 Å². The predicted octanol–water partition coefficient (Wildman–Crippen LogP) is 4.71. The number of nitrogens with one attached hydrogen (secondary N) is 3. The first-order valence-corrected chi connectivity index (χ1v) is 9.49.